The van der Waals surface area contributed by atoms with Crippen molar-refractivity contribution in [2.24, 2.45) is 0 Å². The van der Waals surface area contributed by atoms with Crippen LogP contribution in [0.3, 0.4) is 0 Å². The SMILES string of the molecule is Cc1nc2n(c1Br)CCNC2C. The van der Waals surface area contributed by atoms with Crippen LogP contribution in [0, 0.1) is 6.92 Å². The largest absolute Gasteiger partial charge is 0.320 e. The molecule has 4 heteroatoms. The van der Waals surface area contributed by atoms with Crippen molar-refractivity contribution in [1.82, 2.24) is 14.9 Å². The van der Waals surface area contributed by atoms with Gasteiger partial charge < -0.3 is 9.88 Å². The van der Waals surface area contributed by atoms with Crippen molar-refractivity contribution in [2.45, 2.75) is 26.4 Å². The summed E-state index contributed by atoms with van der Waals surface area (Å²) in [5, 5.41) is 3.37. The summed E-state index contributed by atoms with van der Waals surface area (Å²) in [5.41, 5.74) is 1.08. The first-order chi connectivity index (χ1) is 5.70. The fraction of sp³-hybridized carbons (Fsp3) is 0.625. The Morgan fingerprint density at radius 2 is 2.42 bits per heavy atom. The molecular weight excluding hydrogens is 218 g/mol. The molecule has 3 nitrogen and oxygen atoms in total. The molecule has 2 heterocycles. The van der Waals surface area contributed by atoms with Gasteiger partial charge in [-0.05, 0) is 29.8 Å². The predicted octanol–water partition coefficient (Wildman–Crippen LogP) is 1.62. The molecule has 1 aliphatic rings. The number of imidazole rings is 1. The lowest BCUT2D eigenvalue weighted by Crippen LogP contribution is -2.31. The third kappa shape index (κ3) is 1.10. The van der Waals surface area contributed by atoms with Crippen LogP contribution in [-0.4, -0.2) is 16.1 Å². The molecule has 0 aromatic carbocycles. The van der Waals surface area contributed by atoms with Crippen molar-refractivity contribution in [2.75, 3.05) is 6.54 Å². The number of nitrogens with zero attached hydrogens (tertiary/aromatic N) is 2. The van der Waals surface area contributed by atoms with Crippen LogP contribution >= 0.6 is 15.9 Å². The maximum absolute atomic E-state index is 4.49. The van der Waals surface area contributed by atoms with Crippen LogP contribution in [-0.2, 0) is 6.54 Å². The van der Waals surface area contributed by atoms with Crippen molar-refractivity contribution < 1.29 is 0 Å². The molecule has 0 saturated heterocycles. The molecule has 66 valence electrons. The van der Waals surface area contributed by atoms with Crippen molar-refractivity contribution >= 4 is 15.9 Å². The highest BCUT2D eigenvalue weighted by Gasteiger charge is 2.20. The van der Waals surface area contributed by atoms with Crippen LogP contribution in [0.2, 0.25) is 0 Å². The van der Waals surface area contributed by atoms with E-state index >= 15 is 0 Å². The lowest BCUT2D eigenvalue weighted by molar-refractivity contribution is 0.433. The highest BCUT2D eigenvalue weighted by molar-refractivity contribution is 9.10. The van der Waals surface area contributed by atoms with E-state index in [4.69, 9.17) is 0 Å². The van der Waals surface area contributed by atoms with Crippen molar-refractivity contribution in [3.63, 3.8) is 0 Å². The highest BCUT2D eigenvalue weighted by atomic mass is 79.9. The van der Waals surface area contributed by atoms with E-state index < -0.39 is 0 Å². The molecule has 0 spiro atoms. The zero-order valence-electron chi connectivity index (χ0n) is 7.26. The zero-order chi connectivity index (χ0) is 8.72. The van der Waals surface area contributed by atoms with E-state index in [0.717, 1.165) is 29.2 Å². The van der Waals surface area contributed by atoms with Crippen LogP contribution in [0.25, 0.3) is 0 Å². The van der Waals surface area contributed by atoms with E-state index in [2.05, 4.69) is 37.7 Å². The number of hydrogen-bond acceptors (Lipinski definition) is 2. The fourth-order valence-electron chi connectivity index (χ4n) is 1.60. The Bertz CT molecular complexity index is 305. The topological polar surface area (TPSA) is 29.9 Å². The number of fused-ring (bicyclic) bond motifs is 1. The molecule has 1 aromatic rings. The third-order valence-corrected chi connectivity index (χ3v) is 3.27. The molecule has 0 bridgehead atoms. The Hall–Kier alpha value is -0.350. The molecule has 0 radical (unpaired) electrons. The molecule has 1 atom stereocenters. The molecule has 1 aliphatic heterocycles. The number of aryl methyl sites for hydroxylation is 1. The summed E-state index contributed by atoms with van der Waals surface area (Å²) in [6.45, 7) is 6.22. The van der Waals surface area contributed by atoms with Gasteiger partial charge in [0.05, 0.1) is 11.7 Å². The second kappa shape index (κ2) is 2.85. The standard InChI is InChI=1S/C8H12BrN3/c1-5-7(9)12-4-3-10-6(2)8(12)11-5/h6,10H,3-4H2,1-2H3. The van der Waals surface area contributed by atoms with E-state index in [1.54, 1.807) is 0 Å². The fourth-order valence-corrected chi connectivity index (χ4v) is 2.05. The Morgan fingerprint density at radius 3 is 3.08 bits per heavy atom. The lowest BCUT2D eigenvalue weighted by Gasteiger charge is -2.21. The molecule has 1 N–H and O–H groups in total. The van der Waals surface area contributed by atoms with E-state index in [1.807, 2.05) is 6.92 Å². The highest BCUT2D eigenvalue weighted by Crippen LogP contribution is 2.24. The van der Waals surface area contributed by atoms with Gasteiger partial charge in [-0.1, -0.05) is 0 Å². The van der Waals surface area contributed by atoms with Crippen molar-refractivity contribution in [3.8, 4) is 0 Å². The maximum atomic E-state index is 4.49. The molecule has 0 fully saturated rings. The van der Waals surface area contributed by atoms with E-state index in [0.29, 0.717) is 6.04 Å². The van der Waals surface area contributed by atoms with Gasteiger partial charge in [0.15, 0.2) is 0 Å². The number of hydrogen-bond donors (Lipinski definition) is 1. The Balaban J connectivity index is 2.52. The molecule has 0 aliphatic carbocycles. The van der Waals surface area contributed by atoms with E-state index in [-0.39, 0.29) is 0 Å². The van der Waals surface area contributed by atoms with Gasteiger partial charge in [-0.25, -0.2) is 4.98 Å². The molecule has 1 unspecified atom stereocenters. The van der Waals surface area contributed by atoms with E-state index in [1.165, 1.54) is 0 Å². The maximum Gasteiger partial charge on any atom is 0.126 e. The van der Waals surface area contributed by atoms with Gasteiger partial charge in [-0.15, -0.1) is 0 Å². The van der Waals surface area contributed by atoms with Gasteiger partial charge in [0.2, 0.25) is 0 Å². The number of nitrogens with one attached hydrogen (secondary N) is 1. The molecule has 0 saturated carbocycles. The van der Waals surface area contributed by atoms with Crippen LogP contribution in [0.15, 0.2) is 4.60 Å². The molecule has 12 heavy (non-hydrogen) atoms. The van der Waals surface area contributed by atoms with Crippen molar-refractivity contribution in [1.29, 1.82) is 0 Å². The van der Waals surface area contributed by atoms with Crippen LogP contribution in [0.5, 0.6) is 0 Å². The minimum absolute atomic E-state index is 0.378. The first-order valence-corrected chi connectivity index (χ1v) is 4.95. The predicted molar refractivity (Wildman–Crippen MR) is 51.1 cm³/mol. The number of rotatable bonds is 0. The van der Waals surface area contributed by atoms with Gasteiger partial charge >= 0.3 is 0 Å². The summed E-state index contributed by atoms with van der Waals surface area (Å²) in [5.74, 6) is 1.14. The second-order valence-corrected chi connectivity index (χ2v) is 3.92. The summed E-state index contributed by atoms with van der Waals surface area (Å²) in [6, 6.07) is 0.378. The van der Waals surface area contributed by atoms with Crippen LogP contribution in [0.4, 0.5) is 0 Å². The average Bonchev–Trinajstić information content (AvgIpc) is 2.32. The summed E-state index contributed by atoms with van der Waals surface area (Å²) in [7, 11) is 0. The van der Waals surface area contributed by atoms with Crippen LogP contribution < -0.4 is 5.32 Å². The Morgan fingerprint density at radius 1 is 1.67 bits per heavy atom. The van der Waals surface area contributed by atoms with Gasteiger partial charge in [0.1, 0.15) is 10.4 Å². The molecule has 0 amide bonds. The van der Waals surface area contributed by atoms with Crippen molar-refractivity contribution in [3.05, 3.63) is 16.1 Å². The monoisotopic (exact) mass is 229 g/mol. The molecule has 1 aromatic heterocycles. The van der Waals surface area contributed by atoms with Crippen LogP contribution in [0.1, 0.15) is 24.5 Å². The van der Waals surface area contributed by atoms with Gasteiger partial charge in [0, 0.05) is 13.1 Å². The smallest absolute Gasteiger partial charge is 0.126 e. The summed E-state index contributed by atoms with van der Waals surface area (Å²) in [6.07, 6.45) is 0. The van der Waals surface area contributed by atoms with Gasteiger partial charge in [-0.2, -0.15) is 0 Å². The first-order valence-electron chi connectivity index (χ1n) is 4.16. The molecular formula is C8H12BrN3. The molecule has 2 rings (SSSR count). The average molecular weight is 230 g/mol. The first kappa shape index (κ1) is 8.26. The summed E-state index contributed by atoms with van der Waals surface area (Å²) in [4.78, 5) is 4.49. The Kier molecular flexibility index (Phi) is 1.96. The number of aromatic nitrogens is 2. The van der Waals surface area contributed by atoms with E-state index in [9.17, 15) is 0 Å². The minimum Gasteiger partial charge on any atom is -0.320 e. The lowest BCUT2D eigenvalue weighted by atomic mass is 10.2. The summed E-state index contributed by atoms with van der Waals surface area (Å²) >= 11 is 3.54. The third-order valence-electron chi connectivity index (χ3n) is 2.27. The minimum atomic E-state index is 0.378. The number of halogens is 1. The quantitative estimate of drug-likeness (QED) is 0.733. The second-order valence-electron chi connectivity index (χ2n) is 3.17. The summed E-state index contributed by atoms with van der Waals surface area (Å²) < 4.78 is 3.36. The van der Waals surface area contributed by atoms with Gasteiger partial charge in [-0.3, -0.25) is 0 Å². The Labute approximate surface area is 80.3 Å². The van der Waals surface area contributed by atoms with Gasteiger partial charge in [0.25, 0.3) is 0 Å². The zero-order valence-corrected chi connectivity index (χ0v) is 8.85. The normalized spacial score (nSPS) is 22.4.